The molecule has 0 aliphatic carbocycles. The summed E-state index contributed by atoms with van der Waals surface area (Å²) in [6, 6.07) is 2.90. The number of nitrogens with one attached hydrogen (secondary N) is 1. The molecule has 0 radical (unpaired) electrons. The lowest BCUT2D eigenvalue weighted by atomic mass is 10.1. The van der Waals surface area contributed by atoms with Gasteiger partial charge in [-0.3, -0.25) is 5.32 Å². The summed E-state index contributed by atoms with van der Waals surface area (Å²) in [5.74, 6) is 3.29. The number of esters is 1. The van der Waals surface area contributed by atoms with Crippen LogP contribution in [0.25, 0.3) is 0 Å². The summed E-state index contributed by atoms with van der Waals surface area (Å²) in [5.41, 5.74) is 0.704. The van der Waals surface area contributed by atoms with Gasteiger partial charge in [-0.1, -0.05) is 5.92 Å². The number of fused-ring (bicyclic) bond motifs is 1. The van der Waals surface area contributed by atoms with E-state index in [1.807, 2.05) is 0 Å². The van der Waals surface area contributed by atoms with E-state index in [-0.39, 0.29) is 19.3 Å². The normalized spacial score (nSPS) is 13.7. The van der Waals surface area contributed by atoms with Gasteiger partial charge < -0.3 is 14.2 Å². The molecule has 5 nitrogen and oxygen atoms in total. The minimum Gasteiger partial charge on any atom is -0.465 e. The first-order valence-electron chi connectivity index (χ1n) is 6.10. The van der Waals surface area contributed by atoms with Gasteiger partial charge in [0.1, 0.15) is 6.04 Å². The Morgan fingerprint density at radius 3 is 3.10 bits per heavy atom. The Morgan fingerprint density at radius 2 is 2.40 bits per heavy atom. The second-order valence-electron chi connectivity index (χ2n) is 4.01. The van der Waals surface area contributed by atoms with Crippen molar-refractivity contribution in [3.05, 3.63) is 22.2 Å². The van der Waals surface area contributed by atoms with E-state index in [1.165, 1.54) is 0 Å². The molecule has 2 rings (SSSR count). The highest BCUT2D eigenvalue weighted by Gasteiger charge is 2.26. The van der Waals surface area contributed by atoms with Crippen molar-refractivity contribution in [1.82, 2.24) is 5.32 Å². The molecule has 0 saturated heterocycles. The van der Waals surface area contributed by atoms with Crippen LogP contribution < -0.4 is 14.8 Å². The molecule has 0 bridgehead atoms. The first-order valence-corrected chi connectivity index (χ1v) is 6.89. The maximum atomic E-state index is 12.0. The average molecular weight is 340 g/mol. The zero-order valence-electron chi connectivity index (χ0n) is 10.9. The Labute approximate surface area is 125 Å². The van der Waals surface area contributed by atoms with Gasteiger partial charge in [-0.15, -0.1) is 6.42 Å². The van der Waals surface area contributed by atoms with Gasteiger partial charge in [0.2, 0.25) is 6.79 Å². The molecular weight excluding hydrogens is 326 g/mol. The molecule has 1 aliphatic rings. The maximum Gasteiger partial charge on any atom is 0.327 e. The van der Waals surface area contributed by atoms with Gasteiger partial charge in [-0.05, 0) is 40.5 Å². The molecule has 1 unspecified atom stereocenters. The van der Waals surface area contributed by atoms with E-state index in [4.69, 9.17) is 20.6 Å². The zero-order chi connectivity index (χ0) is 14.5. The summed E-state index contributed by atoms with van der Waals surface area (Å²) >= 11 is 3.40. The second kappa shape index (κ2) is 6.64. The molecule has 0 aromatic heterocycles. The van der Waals surface area contributed by atoms with Crippen molar-refractivity contribution in [3.8, 4) is 23.8 Å². The summed E-state index contributed by atoms with van der Waals surface area (Å²) < 4.78 is 16.4. The Hall–Kier alpha value is -1.71. The maximum absolute atomic E-state index is 12.0. The molecule has 0 amide bonds. The van der Waals surface area contributed by atoms with Gasteiger partial charge >= 0.3 is 5.97 Å². The number of carbonyl (C=O) groups excluding carboxylic acids is 1. The topological polar surface area (TPSA) is 56.8 Å². The highest BCUT2D eigenvalue weighted by atomic mass is 79.9. The first-order chi connectivity index (χ1) is 9.67. The van der Waals surface area contributed by atoms with Crippen molar-refractivity contribution < 1.29 is 19.0 Å². The first kappa shape index (κ1) is 14.7. The van der Waals surface area contributed by atoms with Crippen LogP contribution in [0.1, 0.15) is 18.5 Å². The van der Waals surface area contributed by atoms with E-state index in [2.05, 4.69) is 27.2 Å². The smallest absolute Gasteiger partial charge is 0.327 e. The lowest BCUT2D eigenvalue weighted by Crippen LogP contribution is -2.30. The summed E-state index contributed by atoms with van der Waals surface area (Å²) in [5, 5.41) is 2.96. The predicted octanol–water partition coefficient (Wildman–Crippen LogP) is 2.00. The molecule has 20 heavy (non-hydrogen) atoms. The van der Waals surface area contributed by atoms with Crippen LogP contribution in [0.4, 0.5) is 0 Å². The molecule has 1 aromatic rings. The largest absolute Gasteiger partial charge is 0.465 e. The highest BCUT2D eigenvalue weighted by Crippen LogP contribution is 2.41. The van der Waals surface area contributed by atoms with Gasteiger partial charge in [0.05, 0.1) is 17.6 Å². The minimum absolute atomic E-state index is 0.166. The molecule has 1 atom stereocenters. The third kappa shape index (κ3) is 3.06. The monoisotopic (exact) mass is 339 g/mol. The van der Waals surface area contributed by atoms with Gasteiger partial charge in [0.15, 0.2) is 11.5 Å². The van der Waals surface area contributed by atoms with Crippen molar-refractivity contribution in [1.29, 1.82) is 0 Å². The Morgan fingerprint density at radius 1 is 1.60 bits per heavy atom. The summed E-state index contributed by atoms with van der Waals surface area (Å²) in [6.45, 7) is 2.49. The van der Waals surface area contributed by atoms with Gasteiger partial charge in [-0.25, -0.2) is 4.79 Å². The average Bonchev–Trinajstić information content (AvgIpc) is 2.88. The highest BCUT2D eigenvalue weighted by molar-refractivity contribution is 9.10. The van der Waals surface area contributed by atoms with E-state index in [1.54, 1.807) is 19.1 Å². The fourth-order valence-corrected chi connectivity index (χ4v) is 2.45. The van der Waals surface area contributed by atoms with E-state index >= 15 is 0 Å². The number of carbonyl (C=O) groups is 1. The van der Waals surface area contributed by atoms with Crippen LogP contribution in [-0.2, 0) is 9.53 Å². The fraction of sp³-hybridized carbons (Fsp3) is 0.357. The van der Waals surface area contributed by atoms with E-state index < -0.39 is 6.04 Å². The van der Waals surface area contributed by atoms with Crippen molar-refractivity contribution in [2.45, 2.75) is 13.0 Å². The number of hydrogen-bond acceptors (Lipinski definition) is 5. The quantitative estimate of drug-likeness (QED) is 0.656. The molecule has 1 heterocycles. The molecule has 1 aliphatic heterocycles. The summed E-state index contributed by atoms with van der Waals surface area (Å²) in [7, 11) is 0. The SMILES string of the molecule is C#CCNC(C(=O)OCC)c1cc(Br)c2c(c1)OCO2. The number of halogens is 1. The van der Waals surface area contributed by atoms with Crippen LogP contribution in [0, 0.1) is 12.3 Å². The summed E-state index contributed by atoms with van der Waals surface area (Å²) in [4.78, 5) is 12.0. The van der Waals surface area contributed by atoms with Crippen molar-refractivity contribution >= 4 is 21.9 Å². The van der Waals surface area contributed by atoms with E-state index in [9.17, 15) is 4.79 Å². The van der Waals surface area contributed by atoms with Crippen LogP contribution >= 0.6 is 15.9 Å². The molecule has 0 spiro atoms. The van der Waals surface area contributed by atoms with Crippen LogP contribution in [0.5, 0.6) is 11.5 Å². The molecule has 6 heteroatoms. The Kier molecular flexibility index (Phi) is 4.88. The predicted molar refractivity (Wildman–Crippen MR) is 76.5 cm³/mol. The second-order valence-corrected chi connectivity index (χ2v) is 4.86. The number of terminal acetylenes is 1. The molecule has 1 N–H and O–H groups in total. The lowest BCUT2D eigenvalue weighted by Gasteiger charge is -2.17. The molecule has 0 fully saturated rings. The molecule has 0 saturated carbocycles. The number of benzene rings is 1. The van der Waals surface area contributed by atoms with E-state index in [0.29, 0.717) is 23.7 Å². The third-order valence-electron chi connectivity index (χ3n) is 2.71. The van der Waals surface area contributed by atoms with Crippen LogP contribution in [0.2, 0.25) is 0 Å². The number of rotatable bonds is 5. The van der Waals surface area contributed by atoms with Crippen molar-refractivity contribution in [2.75, 3.05) is 19.9 Å². The Bertz CT molecular complexity index is 553. The van der Waals surface area contributed by atoms with E-state index in [0.717, 1.165) is 4.47 Å². The van der Waals surface area contributed by atoms with Crippen molar-refractivity contribution in [3.63, 3.8) is 0 Å². The van der Waals surface area contributed by atoms with Crippen LogP contribution in [0.3, 0.4) is 0 Å². The van der Waals surface area contributed by atoms with Crippen LogP contribution in [-0.4, -0.2) is 25.9 Å². The van der Waals surface area contributed by atoms with Gasteiger partial charge in [-0.2, -0.15) is 0 Å². The molecular formula is C14H14BrNO4. The fourth-order valence-electron chi connectivity index (χ4n) is 1.88. The standard InChI is InChI=1S/C14H14BrNO4/c1-3-5-16-12(14(17)18-4-2)9-6-10(15)13-11(7-9)19-8-20-13/h1,6-7,12,16H,4-5,8H2,2H3. The summed E-state index contributed by atoms with van der Waals surface area (Å²) in [6.07, 6.45) is 5.23. The number of hydrogen-bond donors (Lipinski definition) is 1. The molecule has 106 valence electrons. The van der Waals surface area contributed by atoms with Crippen molar-refractivity contribution in [2.24, 2.45) is 0 Å². The zero-order valence-corrected chi connectivity index (χ0v) is 12.5. The minimum atomic E-state index is -0.642. The third-order valence-corrected chi connectivity index (χ3v) is 3.30. The Balaban J connectivity index is 2.31. The van der Waals surface area contributed by atoms with Gasteiger partial charge in [0, 0.05) is 0 Å². The lowest BCUT2D eigenvalue weighted by molar-refractivity contribution is -0.145. The molecule has 1 aromatic carbocycles. The van der Waals surface area contributed by atoms with Gasteiger partial charge in [0.25, 0.3) is 0 Å². The number of ether oxygens (including phenoxy) is 3. The van der Waals surface area contributed by atoms with Crippen LogP contribution in [0.15, 0.2) is 16.6 Å².